The van der Waals surface area contributed by atoms with Gasteiger partial charge in [0.2, 0.25) is 5.75 Å². The third-order valence-corrected chi connectivity index (χ3v) is 4.67. The molecule has 1 fully saturated rings. The topological polar surface area (TPSA) is 52.6 Å². The maximum Gasteiger partial charge on any atom is 0.203 e. The van der Waals surface area contributed by atoms with E-state index in [0.717, 1.165) is 22.0 Å². The van der Waals surface area contributed by atoms with Gasteiger partial charge in [0.05, 0.1) is 26.2 Å². The molecule has 0 unspecified atom stereocenters. The van der Waals surface area contributed by atoms with Crippen LogP contribution < -0.4 is 19.5 Å². The van der Waals surface area contributed by atoms with Crippen LogP contribution in [0.5, 0.6) is 17.2 Å². The van der Waals surface area contributed by atoms with E-state index < -0.39 is 0 Å². The lowest BCUT2D eigenvalue weighted by Crippen LogP contribution is -2.14. The van der Waals surface area contributed by atoms with Gasteiger partial charge in [0.1, 0.15) is 5.01 Å². The highest BCUT2D eigenvalue weighted by molar-refractivity contribution is 7.15. The molecule has 5 nitrogen and oxygen atoms in total. The summed E-state index contributed by atoms with van der Waals surface area (Å²) in [5, 5.41) is 4.56. The van der Waals surface area contributed by atoms with Gasteiger partial charge in [-0.3, -0.25) is 0 Å². The van der Waals surface area contributed by atoms with E-state index in [1.54, 1.807) is 32.7 Å². The van der Waals surface area contributed by atoms with Gasteiger partial charge in [0.25, 0.3) is 0 Å². The zero-order valence-corrected chi connectivity index (χ0v) is 13.8. The van der Waals surface area contributed by atoms with Gasteiger partial charge in [0, 0.05) is 24.3 Å². The molecule has 1 aromatic heterocycles. The van der Waals surface area contributed by atoms with E-state index in [0.29, 0.717) is 23.3 Å². The Morgan fingerprint density at radius 3 is 2.55 bits per heavy atom. The van der Waals surface area contributed by atoms with Crippen molar-refractivity contribution in [3.05, 3.63) is 23.3 Å². The van der Waals surface area contributed by atoms with Crippen LogP contribution in [0.3, 0.4) is 0 Å². The van der Waals surface area contributed by atoms with Crippen molar-refractivity contribution in [2.75, 3.05) is 21.3 Å². The molecule has 1 N–H and O–H groups in total. The molecule has 3 rings (SSSR count). The smallest absolute Gasteiger partial charge is 0.203 e. The van der Waals surface area contributed by atoms with Crippen LogP contribution in [-0.2, 0) is 6.54 Å². The maximum atomic E-state index is 5.54. The molecule has 6 heteroatoms. The second kappa shape index (κ2) is 6.54. The first-order valence-electron chi connectivity index (χ1n) is 7.24. The largest absolute Gasteiger partial charge is 0.493 e. The highest BCUT2D eigenvalue weighted by Gasteiger charge is 2.21. The summed E-state index contributed by atoms with van der Waals surface area (Å²) in [6, 6.07) is 4.55. The average Bonchev–Trinajstić information content (AvgIpc) is 3.27. The molecule has 1 aliphatic rings. The number of ether oxygens (including phenoxy) is 3. The molecule has 0 spiro atoms. The molecule has 0 atom stereocenters. The molecule has 0 aliphatic heterocycles. The van der Waals surface area contributed by atoms with Crippen molar-refractivity contribution in [3.63, 3.8) is 0 Å². The van der Waals surface area contributed by atoms with Crippen LogP contribution in [0.15, 0.2) is 18.3 Å². The third kappa shape index (κ3) is 3.03. The second-order valence-corrected chi connectivity index (χ2v) is 6.27. The fraction of sp³-hybridized carbons (Fsp3) is 0.438. The Kier molecular flexibility index (Phi) is 4.49. The second-order valence-electron chi connectivity index (χ2n) is 5.16. The van der Waals surface area contributed by atoms with E-state index in [4.69, 9.17) is 14.2 Å². The van der Waals surface area contributed by atoms with Crippen LogP contribution in [-0.4, -0.2) is 32.4 Å². The summed E-state index contributed by atoms with van der Waals surface area (Å²) in [4.78, 5) is 5.55. The van der Waals surface area contributed by atoms with Gasteiger partial charge in [-0.05, 0) is 25.0 Å². The average molecular weight is 320 g/mol. The molecular weight excluding hydrogens is 300 g/mol. The molecular formula is C16H20N2O3S. The zero-order valence-electron chi connectivity index (χ0n) is 13.0. The molecule has 0 saturated heterocycles. The van der Waals surface area contributed by atoms with Crippen LogP contribution in [0.2, 0.25) is 0 Å². The highest BCUT2D eigenvalue weighted by Crippen LogP contribution is 2.45. The Labute approximate surface area is 134 Å². The van der Waals surface area contributed by atoms with Crippen molar-refractivity contribution in [2.24, 2.45) is 0 Å². The molecule has 2 aromatic rings. The molecule has 1 aliphatic carbocycles. The number of hydrogen-bond donors (Lipinski definition) is 1. The Bertz CT molecular complexity index is 653. The summed E-state index contributed by atoms with van der Waals surface area (Å²) < 4.78 is 16.3. The Morgan fingerprint density at radius 1 is 1.14 bits per heavy atom. The number of hydrogen-bond acceptors (Lipinski definition) is 6. The van der Waals surface area contributed by atoms with Crippen LogP contribution in [0.1, 0.15) is 17.8 Å². The van der Waals surface area contributed by atoms with Gasteiger partial charge in [-0.25, -0.2) is 4.98 Å². The lowest BCUT2D eigenvalue weighted by molar-refractivity contribution is 0.325. The summed E-state index contributed by atoms with van der Waals surface area (Å²) in [5.74, 6) is 1.93. The van der Waals surface area contributed by atoms with Crippen LogP contribution in [0.25, 0.3) is 10.4 Å². The first-order valence-corrected chi connectivity index (χ1v) is 8.06. The highest BCUT2D eigenvalue weighted by atomic mass is 32.1. The number of benzene rings is 1. The number of rotatable bonds is 7. The lowest BCUT2D eigenvalue weighted by atomic mass is 10.1. The van der Waals surface area contributed by atoms with E-state index in [-0.39, 0.29) is 0 Å². The molecule has 0 amide bonds. The monoisotopic (exact) mass is 320 g/mol. The van der Waals surface area contributed by atoms with Crippen molar-refractivity contribution < 1.29 is 14.2 Å². The molecule has 22 heavy (non-hydrogen) atoms. The fourth-order valence-electron chi connectivity index (χ4n) is 2.33. The Hall–Kier alpha value is -1.79. The summed E-state index contributed by atoms with van der Waals surface area (Å²) in [6.07, 6.45) is 4.45. The molecule has 0 bridgehead atoms. The maximum absolute atomic E-state index is 5.54. The number of nitrogens with zero attached hydrogens (tertiary/aromatic N) is 1. The minimum absolute atomic E-state index is 0.605. The first-order chi connectivity index (χ1) is 10.8. The normalized spacial score (nSPS) is 14.0. The van der Waals surface area contributed by atoms with Crippen LogP contribution >= 0.6 is 11.3 Å². The van der Waals surface area contributed by atoms with E-state index in [9.17, 15) is 0 Å². The van der Waals surface area contributed by atoms with Gasteiger partial charge in [-0.1, -0.05) is 0 Å². The summed E-state index contributed by atoms with van der Waals surface area (Å²) in [6.45, 7) is 0.824. The minimum Gasteiger partial charge on any atom is -0.493 e. The third-order valence-electron chi connectivity index (χ3n) is 3.64. The van der Waals surface area contributed by atoms with Crippen molar-refractivity contribution in [1.82, 2.24) is 10.3 Å². The molecule has 1 saturated carbocycles. The van der Waals surface area contributed by atoms with Gasteiger partial charge in [0.15, 0.2) is 11.5 Å². The number of nitrogens with one attached hydrogen (secondary N) is 1. The first kappa shape index (κ1) is 15.1. The predicted molar refractivity (Wildman–Crippen MR) is 87.1 cm³/mol. The summed E-state index contributed by atoms with van der Waals surface area (Å²) in [7, 11) is 4.87. The van der Waals surface area contributed by atoms with E-state index in [1.165, 1.54) is 12.8 Å². The van der Waals surface area contributed by atoms with Gasteiger partial charge in [-0.2, -0.15) is 0 Å². The van der Waals surface area contributed by atoms with Crippen LogP contribution in [0.4, 0.5) is 0 Å². The molecule has 1 heterocycles. The van der Waals surface area contributed by atoms with E-state index in [2.05, 4.69) is 10.3 Å². The fourth-order valence-corrected chi connectivity index (χ4v) is 3.22. The van der Waals surface area contributed by atoms with Gasteiger partial charge < -0.3 is 19.5 Å². The quantitative estimate of drug-likeness (QED) is 0.849. The van der Waals surface area contributed by atoms with E-state index in [1.807, 2.05) is 18.3 Å². The van der Waals surface area contributed by atoms with Gasteiger partial charge >= 0.3 is 0 Å². The number of aromatic nitrogens is 1. The molecule has 1 aromatic carbocycles. The minimum atomic E-state index is 0.605. The molecule has 118 valence electrons. The van der Waals surface area contributed by atoms with Crippen molar-refractivity contribution in [1.29, 1.82) is 0 Å². The lowest BCUT2D eigenvalue weighted by Gasteiger charge is -2.14. The Balaban J connectivity index is 1.89. The standard InChI is InChI=1S/C16H20N2O3S/c1-19-12-7-6-11(15(20-2)16(12)21-3)13-8-18-14(22-13)9-17-10-4-5-10/h6-8,10,17H,4-5,9H2,1-3H3. The van der Waals surface area contributed by atoms with Crippen molar-refractivity contribution in [3.8, 4) is 27.7 Å². The SMILES string of the molecule is COc1ccc(-c2cnc(CNC3CC3)s2)c(OC)c1OC. The predicted octanol–water partition coefficient (Wildman–Crippen LogP) is 3.09. The van der Waals surface area contributed by atoms with Crippen LogP contribution in [0, 0.1) is 0 Å². The van der Waals surface area contributed by atoms with Gasteiger partial charge in [-0.15, -0.1) is 11.3 Å². The summed E-state index contributed by atoms with van der Waals surface area (Å²) in [5.41, 5.74) is 0.968. The molecule has 0 radical (unpaired) electrons. The zero-order chi connectivity index (χ0) is 15.5. The van der Waals surface area contributed by atoms with Crippen molar-refractivity contribution >= 4 is 11.3 Å². The van der Waals surface area contributed by atoms with Crippen molar-refractivity contribution in [2.45, 2.75) is 25.4 Å². The number of thiazole rings is 1. The van der Waals surface area contributed by atoms with E-state index >= 15 is 0 Å². The number of methoxy groups -OCH3 is 3. The summed E-state index contributed by atoms with van der Waals surface area (Å²) >= 11 is 1.67. The Morgan fingerprint density at radius 2 is 1.91 bits per heavy atom.